The SMILES string of the molecule is CC[C@H](C)NC(=O)[C@H](C)N(Cc1cccc(Cl)c1)C(=O)CN(c1ccccc1C)S(=O)(=O)c1ccc(C)cc1. The molecule has 0 aliphatic heterocycles. The smallest absolute Gasteiger partial charge is 0.264 e. The van der Waals surface area contributed by atoms with Crippen LogP contribution in [0.4, 0.5) is 5.69 Å². The lowest BCUT2D eigenvalue weighted by atomic mass is 10.1. The zero-order chi connectivity index (χ0) is 28.7. The minimum Gasteiger partial charge on any atom is -0.352 e. The fraction of sp³-hybridized carbons (Fsp3) is 0.333. The molecule has 0 unspecified atom stereocenters. The maximum Gasteiger partial charge on any atom is 0.264 e. The van der Waals surface area contributed by atoms with Crippen LogP contribution in [-0.4, -0.2) is 43.8 Å². The molecule has 0 bridgehead atoms. The van der Waals surface area contributed by atoms with Crippen molar-refractivity contribution in [1.29, 1.82) is 0 Å². The first kappa shape index (κ1) is 30.2. The number of carbonyl (C=O) groups is 2. The third kappa shape index (κ3) is 7.61. The number of hydrogen-bond acceptors (Lipinski definition) is 4. The van der Waals surface area contributed by atoms with Gasteiger partial charge in [-0.25, -0.2) is 8.42 Å². The Morgan fingerprint density at radius 3 is 2.23 bits per heavy atom. The maximum absolute atomic E-state index is 14.0. The van der Waals surface area contributed by atoms with E-state index in [0.29, 0.717) is 16.3 Å². The van der Waals surface area contributed by atoms with E-state index in [1.165, 1.54) is 17.0 Å². The van der Waals surface area contributed by atoms with Gasteiger partial charge in [0, 0.05) is 17.6 Å². The first-order valence-electron chi connectivity index (χ1n) is 12.9. The molecular weight excluding hydrogens is 534 g/mol. The van der Waals surface area contributed by atoms with Crippen molar-refractivity contribution in [2.24, 2.45) is 0 Å². The lowest BCUT2D eigenvalue weighted by Gasteiger charge is -2.33. The minimum atomic E-state index is -4.11. The second-order valence-corrected chi connectivity index (χ2v) is 12.1. The number of nitrogens with zero attached hydrogens (tertiary/aromatic N) is 2. The van der Waals surface area contributed by atoms with E-state index in [-0.39, 0.29) is 23.4 Å². The lowest BCUT2D eigenvalue weighted by Crippen LogP contribution is -2.52. The number of benzene rings is 3. The average molecular weight is 570 g/mol. The van der Waals surface area contributed by atoms with Crippen molar-refractivity contribution in [3.8, 4) is 0 Å². The normalized spacial score (nSPS) is 12.9. The molecule has 7 nitrogen and oxygen atoms in total. The molecule has 0 aliphatic carbocycles. The summed E-state index contributed by atoms with van der Waals surface area (Å²) in [5, 5.41) is 3.43. The summed E-state index contributed by atoms with van der Waals surface area (Å²) in [5.41, 5.74) is 2.74. The van der Waals surface area contributed by atoms with Gasteiger partial charge >= 0.3 is 0 Å². The van der Waals surface area contributed by atoms with Gasteiger partial charge in [-0.3, -0.25) is 13.9 Å². The molecule has 208 valence electrons. The quantitative estimate of drug-likeness (QED) is 0.331. The van der Waals surface area contributed by atoms with Crippen LogP contribution in [-0.2, 0) is 26.2 Å². The van der Waals surface area contributed by atoms with Gasteiger partial charge in [-0.15, -0.1) is 0 Å². The van der Waals surface area contributed by atoms with Crippen LogP contribution in [0.5, 0.6) is 0 Å². The largest absolute Gasteiger partial charge is 0.352 e. The summed E-state index contributed by atoms with van der Waals surface area (Å²) in [4.78, 5) is 28.6. The van der Waals surface area contributed by atoms with Crippen LogP contribution in [0.1, 0.15) is 43.9 Å². The van der Waals surface area contributed by atoms with E-state index in [1.54, 1.807) is 62.4 Å². The first-order valence-corrected chi connectivity index (χ1v) is 14.7. The number of rotatable bonds is 11. The highest BCUT2D eigenvalue weighted by Gasteiger charge is 2.33. The fourth-order valence-electron chi connectivity index (χ4n) is 4.07. The number of halogens is 1. The Labute approximate surface area is 236 Å². The molecule has 3 aromatic carbocycles. The molecule has 0 spiro atoms. The number of anilines is 1. The van der Waals surface area contributed by atoms with Crippen molar-refractivity contribution in [1.82, 2.24) is 10.2 Å². The molecular formula is C30H36ClN3O4S. The van der Waals surface area contributed by atoms with Crippen LogP contribution >= 0.6 is 11.6 Å². The first-order chi connectivity index (χ1) is 18.4. The second-order valence-electron chi connectivity index (χ2n) is 9.76. The Balaban J connectivity index is 2.04. The number of para-hydroxylation sites is 1. The fourth-order valence-corrected chi connectivity index (χ4v) is 5.77. The van der Waals surface area contributed by atoms with Crippen molar-refractivity contribution >= 4 is 39.1 Å². The van der Waals surface area contributed by atoms with Gasteiger partial charge in [0.05, 0.1) is 10.6 Å². The molecule has 1 N–H and O–H groups in total. The Bertz CT molecular complexity index is 1410. The minimum absolute atomic E-state index is 0.0755. The van der Waals surface area contributed by atoms with E-state index in [4.69, 9.17) is 11.6 Å². The van der Waals surface area contributed by atoms with E-state index >= 15 is 0 Å². The van der Waals surface area contributed by atoms with Crippen molar-refractivity contribution in [3.05, 3.63) is 94.5 Å². The Morgan fingerprint density at radius 1 is 0.949 bits per heavy atom. The summed E-state index contributed by atoms with van der Waals surface area (Å²) in [7, 11) is -4.11. The predicted octanol–water partition coefficient (Wildman–Crippen LogP) is 5.48. The highest BCUT2D eigenvalue weighted by atomic mass is 35.5. The van der Waals surface area contributed by atoms with E-state index in [0.717, 1.165) is 21.9 Å². The van der Waals surface area contributed by atoms with E-state index in [1.807, 2.05) is 32.9 Å². The van der Waals surface area contributed by atoms with Crippen LogP contribution in [0, 0.1) is 13.8 Å². The molecule has 0 saturated carbocycles. The van der Waals surface area contributed by atoms with Crippen molar-refractivity contribution in [2.45, 2.75) is 64.6 Å². The van der Waals surface area contributed by atoms with Gasteiger partial charge in [0.1, 0.15) is 12.6 Å². The molecule has 0 heterocycles. The molecule has 3 aromatic rings. The highest BCUT2D eigenvalue weighted by Crippen LogP contribution is 2.27. The van der Waals surface area contributed by atoms with E-state index in [2.05, 4.69) is 5.32 Å². The standard InChI is InChI=1S/C30H36ClN3O4S/c1-6-23(4)32-30(36)24(5)33(19-25-11-9-12-26(31)18-25)29(35)20-34(28-13-8-7-10-22(28)3)39(37,38)27-16-14-21(2)15-17-27/h7-18,23-24H,6,19-20H2,1-5H3,(H,32,36)/t23-,24-/m0/s1. The molecule has 39 heavy (non-hydrogen) atoms. The van der Waals surface area contributed by atoms with Crippen LogP contribution in [0.15, 0.2) is 77.7 Å². The lowest BCUT2D eigenvalue weighted by molar-refractivity contribution is -0.139. The van der Waals surface area contributed by atoms with Gasteiger partial charge in [-0.05, 0) is 75.6 Å². The molecule has 0 aliphatic rings. The van der Waals surface area contributed by atoms with Gasteiger partial charge < -0.3 is 10.2 Å². The monoisotopic (exact) mass is 569 g/mol. The van der Waals surface area contributed by atoms with Gasteiger partial charge in [-0.2, -0.15) is 0 Å². The van der Waals surface area contributed by atoms with Crippen LogP contribution < -0.4 is 9.62 Å². The van der Waals surface area contributed by atoms with Crippen molar-refractivity contribution in [2.75, 3.05) is 10.8 Å². The zero-order valence-electron chi connectivity index (χ0n) is 23.0. The Kier molecular flexibility index (Phi) is 10.2. The number of carbonyl (C=O) groups excluding carboxylic acids is 2. The molecule has 0 fully saturated rings. The van der Waals surface area contributed by atoms with Gasteiger partial charge in [-0.1, -0.05) is 66.6 Å². The van der Waals surface area contributed by atoms with E-state index < -0.39 is 28.5 Å². The molecule has 9 heteroatoms. The van der Waals surface area contributed by atoms with Crippen LogP contribution in [0.25, 0.3) is 0 Å². The van der Waals surface area contributed by atoms with Gasteiger partial charge in [0.15, 0.2) is 0 Å². The summed E-state index contributed by atoms with van der Waals surface area (Å²) < 4.78 is 28.9. The molecule has 0 aromatic heterocycles. The zero-order valence-corrected chi connectivity index (χ0v) is 24.6. The highest BCUT2D eigenvalue weighted by molar-refractivity contribution is 7.92. The van der Waals surface area contributed by atoms with E-state index in [9.17, 15) is 18.0 Å². The number of aryl methyl sites for hydroxylation is 2. The van der Waals surface area contributed by atoms with Crippen molar-refractivity contribution < 1.29 is 18.0 Å². The predicted molar refractivity (Wildman–Crippen MR) is 156 cm³/mol. The summed E-state index contributed by atoms with van der Waals surface area (Å²) in [6.45, 7) is 8.76. The average Bonchev–Trinajstić information content (AvgIpc) is 2.90. The summed E-state index contributed by atoms with van der Waals surface area (Å²) in [6.07, 6.45) is 0.733. The number of nitrogens with one attached hydrogen (secondary N) is 1. The van der Waals surface area contributed by atoms with Gasteiger partial charge in [0.2, 0.25) is 11.8 Å². The number of hydrogen-bond donors (Lipinski definition) is 1. The van der Waals surface area contributed by atoms with Crippen molar-refractivity contribution in [3.63, 3.8) is 0 Å². The Morgan fingerprint density at radius 2 is 1.62 bits per heavy atom. The summed E-state index contributed by atoms with van der Waals surface area (Å²) >= 11 is 6.19. The second kappa shape index (κ2) is 13.1. The summed E-state index contributed by atoms with van der Waals surface area (Å²) in [5.74, 6) is -0.829. The third-order valence-electron chi connectivity index (χ3n) is 6.68. The summed E-state index contributed by atoms with van der Waals surface area (Å²) in [6, 6.07) is 19.6. The molecule has 0 saturated heterocycles. The maximum atomic E-state index is 14.0. The van der Waals surface area contributed by atoms with Crippen LogP contribution in [0.3, 0.4) is 0 Å². The topological polar surface area (TPSA) is 86.8 Å². The number of sulfonamides is 1. The molecule has 2 amide bonds. The van der Waals surface area contributed by atoms with Crippen LogP contribution in [0.2, 0.25) is 5.02 Å². The molecule has 0 radical (unpaired) electrons. The van der Waals surface area contributed by atoms with Gasteiger partial charge in [0.25, 0.3) is 10.0 Å². The molecule has 2 atom stereocenters. The number of amides is 2. The Hall–Kier alpha value is -3.36. The molecule has 3 rings (SSSR count). The third-order valence-corrected chi connectivity index (χ3v) is 8.69.